The predicted octanol–water partition coefficient (Wildman–Crippen LogP) is 5.98. The third-order valence-corrected chi connectivity index (χ3v) is 7.64. The molecule has 0 aromatic heterocycles. The standard InChI is InChI=1S/C28H28Cl2F2N6O2/c1-35-10-12-36(13-11-35)16-20-17-37(27(39)33-18-6-8-23(31)21(29)14-18)25-4-2-3-5-26(25)38(20)28(40)34-19-7-9-24(32)22(30)15-19/h2-9,14-15,20H,10-13,16-17H2,1H3,(H,33,39)(H,34,40). The van der Waals surface area contributed by atoms with E-state index in [1.165, 1.54) is 36.4 Å². The summed E-state index contributed by atoms with van der Waals surface area (Å²) in [5.41, 5.74) is 1.75. The number of anilines is 4. The summed E-state index contributed by atoms with van der Waals surface area (Å²) in [4.78, 5) is 35.0. The van der Waals surface area contributed by atoms with Gasteiger partial charge in [-0.05, 0) is 55.6 Å². The third-order valence-electron chi connectivity index (χ3n) is 7.06. The molecule has 1 atom stereocenters. The van der Waals surface area contributed by atoms with E-state index in [0.29, 0.717) is 29.3 Å². The predicted molar refractivity (Wildman–Crippen MR) is 155 cm³/mol. The minimum Gasteiger partial charge on any atom is -0.307 e. The third kappa shape index (κ3) is 6.15. The normalized spacial score (nSPS) is 17.9. The second-order valence-electron chi connectivity index (χ2n) is 9.85. The molecule has 1 saturated heterocycles. The van der Waals surface area contributed by atoms with Crippen LogP contribution in [0.3, 0.4) is 0 Å². The fourth-order valence-electron chi connectivity index (χ4n) is 4.94. The first kappa shape index (κ1) is 28.1. The van der Waals surface area contributed by atoms with Gasteiger partial charge in [0.25, 0.3) is 0 Å². The quantitative estimate of drug-likeness (QED) is 0.393. The first-order valence-corrected chi connectivity index (χ1v) is 13.5. The number of rotatable bonds is 4. The first-order chi connectivity index (χ1) is 19.2. The average Bonchev–Trinajstić information content (AvgIpc) is 2.93. The van der Waals surface area contributed by atoms with Gasteiger partial charge in [0.2, 0.25) is 0 Å². The molecule has 0 radical (unpaired) electrons. The molecule has 3 aromatic rings. The minimum absolute atomic E-state index is 0.102. The van der Waals surface area contributed by atoms with Crippen LogP contribution in [0.5, 0.6) is 0 Å². The van der Waals surface area contributed by atoms with E-state index in [1.807, 2.05) is 0 Å². The van der Waals surface area contributed by atoms with Crippen LogP contribution in [0.1, 0.15) is 0 Å². The summed E-state index contributed by atoms with van der Waals surface area (Å²) in [5.74, 6) is -1.17. The van der Waals surface area contributed by atoms with Crippen molar-refractivity contribution in [2.75, 3.05) is 66.7 Å². The Kier molecular flexibility index (Phi) is 8.41. The summed E-state index contributed by atoms with van der Waals surface area (Å²) >= 11 is 11.9. The van der Waals surface area contributed by atoms with Crippen LogP contribution in [0.15, 0.2) is 60.7 Å². The Balaban J connectivity index is 1.46. The van der Waals surface area contributed by atoms with Gasteiger partial charge in [-0.2, -0.15) is 0 Å². The van der Waals surface area contributed by atoms with Gasteiger partial charge in [-0.1, -0.05) is 35.3 Å². The molecule has 5 rings (SSSR count). The fraction of sp³-hybridized carbons (Fsp3) is 0.286. The number of urea groups is 2. The number of carbonyl (C=O) groups is 2. The van der Waals surface area contributed by atoms with Crippen molar-refractivity contribution < 1.29 is 18.4 Å². The molecule has 3 aromatic carbocycles. The lowest BCUT2D eigenvalue weighted by atomic mass is 10.1. The topological polar surface area (TPSA) is 71.2 Å². The average molecular weight is 589 g/mol. The zero-order valence-corrected chi connectivity index (χ0v) is 23.2. The van der Waals surface area contributed by atoms with Crippen LogP contribution in [0.25, 0.3) is 0 Å². The van der Waals surface area contributed by atoms with Crippen molar-refractivity contribution in [3.05, 3.63) is 82.3 Å². The maximum atomic E-state index is 13.7. The maximum absolute atomic E-state index is 13.7. The van der Waals surface area contributed by atoms with Crippen molar-refractivity contribution in [1.82, 2.24) is 9.80 Å². The second-order valence-corrected chi connectivity index (χ2v) is 10.7. The van der Waals surface area contributed by atoms with Crippen LogP contribution in [0.4, 0.5) is 41.1 Å². The first-order valence-electron chi connectivity index (χ1n) is 12.8. The number of nitrogens with zero attached hydrogens (tertiary/aromatic N) is 4. The van der Waals surface area contributed by atoms with E-state index in [4.69, 9.17) is 23.2 Å². The maximum Gasteiger partial charge on any atom is 0.326 e. The molecule has 2 aliphatic heterocycles. The molecule has 40 heavy (non-hydrogen) atoms. The van der Waals surface area contributed by atoms with Gasteiger partial charge in [0, 0.05) is 50.6 Å². The zero-order chi connectivity index (χ0) is 28.4. The lowest BCUT2D eigenvalue weighted by molar-refractivity contribution is 0.146. The summed E-state index contributed by atoms with van der Waals surface area (Å²) in [6.07, 6.45) is 0. The van der Waals surface area contributed by atoms with Gasteiger partial charge in [0.1, 0.15) is 11.6 Å². The van der Waals surface area contributed by atoms with Crippen molar-refractivity contribution in [3.63, 3.8) is 0 Å². The van der Waals surface area contributed by atoms with Crippen LogP contribution in [-0.4, -0.2) is 74.2 Å². The van der Waals surface area contributed by atoms with E-state index < -0.39 is 29.7 Å². The SMILES string of the molecule is CN1CCN(CC2CN(C(=O)Nc3ccc(F)c(Cl)c3)c3ccccc3N2C(=O)Nc2ccc(F)c(Cl)c2)CC1. The zero-order valence-electron chi connectivity index (χ0n) is 21.7. The largest absolute Gasteiger partial charge is 0.326 e. The minimum atomic E-state index is -0.584. The highest BCUT2D eigenvalue weighted by Crippen LogP contribution is 2.37. The number of hydrogen-bond acceptors (Lipinski definition) is 4. The van der Waals surface area contributed by atoms with E-state index in [1.54, 1.807) is 34.1 Å². The molecule has 8 nitrogen and oxygen atoms in total. The van der Waals surface area contributed by atoms with Crippen LogP contribution < -0.4 is 20.4 Å². The van der Waals surface area contributed by atoms with Gasteiger partial charge >= 0.3 is 12.1 Å². The molecule has 0 bridgehead atoms. The van der Waals surface area contributed by atoms with Gasteiger partial charge in [0.15, 0.2) is 0 Å². The lowest BCUT2D eigenvalue weighted by Gasteiger charge is -2.44. The molecule has 4 amide bonds. The van der Waals surface area contributed by atoms with Crippen molar-refractivity contribution in [3.8, 4) is 0 Å². The summed E-state index contributed by atoms with van der Waals surface area (Å²) in [6, 6.07) is 13.8. The van der Waals surface area contributed by atoms with Gasteiger partial charge in [-0.15, -0.1) is 0 Å². The Labute approximate surface area is 241 Å². The molecule has 210 valence electrons. The summed E-state index contributed by atoms with van der Waals surface area (Å²) in [5, 5.41) is 5.42. The van der Waals surface area contributed by atoms with Gasteiger partial charge in [-0.3, -0.25) is 14.7 Å². The van der Waals surface area contributed by atoms with E-state index in [0.717, 1.165) is 26.2 Å². The van der Waals surface area contributed by atoms with Gasteiger partial charge < -0.3 is 15.5 Å². The van der Waals surface area contributed by atoms with Gasteiger partial charge in [0.05, 0.1) is 27.5 Å². The van der Waals surface area contributed by atoms with E-state index >= 15 is 0 Å². The molecule has 2 heterocycles. The Bertz CT molecular complexity index is 1420. The summed E-state index contributed by atoms with van der Waals surface area (Å²) in [6.45, 7) is 4.13. The molecule has 0 saturated carbocycles. The van der Waals surface area contributed by atoms with Crippen LogP contribution in [0.2, 0.25) is 10.0 Å². The monoisotopic (exact) mass is 588 g/mol. The number of para-hydroxylation sites is 2. The van der Waals surface area contributed by atoms with Crippen molar-refractivity contribution in [2.24, 2.45) is 0 Å². The molecule has 0 spiro atoms. The Morgan fingerprint density at radius 3 is 1.95 bits per heavy atom. The highest BCUT2D eigenvalue weighted by Gasteiger charge is 2.38. The molecule has 2 aliphatic rings. The molecule has 12 heteroatoms. The highest BCUT2D eigenvalue weighted by molar-refractivity contribution is 6.31. The Morgan fingerprint density at radius 2 is 1.38 bits per heavy atom. The van der Waals surface area contributed by atoms with Crippen molar-refractivity contribution in [2.45, 2.75) is 6.04 Å². The number of halogens is 4. The number of nitrogens with one attached hydrogen (secondary N) is 2. The van der Waals surface area contributed by atoms with Crippen molar-refractivity contribution >= 4 is 58.0 Å². The number of hydrogen-bond donors (Lipinski definition) is 2. The van der Waals surface area contributed by atoms with Crippen LogP contribution in [-0.2, 0) is 0 Å². The molecular formula is C28H28Cl2F2N6O2. The smallest absolute Gasteiger partial charge is 0.307 e. The summed E-state index contributed by atoms with van der Waals surface area (Å²) < 4.78 is 27.4. The highest BCUT2D eigenvalue weighted by atomic mass is 35.5. The molecule has 1 fully saturated rings. The number of carbonyl (C=O) groups excluding carboxylic acids is 2. The van der Waals surface area contributed by atoms with Gasteiger partial charge in [-0.25, -0.2) is 18.4 Å². The lowest BCUT2D eigenvalue weighted by Crippen LogP contribution is -2.60. The van der Waals surface area contributed by atoms with E-state index in [-0.39, 0.29) is 16.6 Å². The second kappa shape index (κ2) is 12.0. The molecular weight excluding hydrogens is 561 g/mol. The Morgan fingerprint density at radius 1 is 0.825 bits per heavy atom. The van der Waals surface area contributed by atoms with Crippen LogP contribution in [0, 0.1) is 11.6 Å². The van der Waals surface area contributed by atoms with Crippen LogP contribution >= 0.6 is 23.2 Å². The van der Waals surface area contributed by atoms with E-state index in [2.05, 4.69) is 27.5 Å². The number of benzene rings is 3. The number of likely N-dealkylation sites (N-methyl/N-ethyl adjacent to an activating group) is 1. The number of amides is 4. The number of fused-ring (bicyclic) bond motifs is 1. The molecule has 0 aliphatic carbocycles. The fourth-order valence-corrected chi connectivity index (χ4v) is 5.30. The molecule has 1 unspecified atom stereocenters. The van der Waals surface area contributed by atoms with Crippen molar-refractivity contribution in [1.29, 1.82) is 0 Å². The summed E-state index contributed by atoms with van der Waals surface area (Å²) in [7, 11) is 2.07. The number of piperazine rings is 1. The van der Waals surface area contributed by atoms with E-state index in [9.17, 15) is 18.4 Å². The molecule has 2 N–H and O–H groups in total. The Hall–Kier alpha value is -3.44.